The van der Waals surface area contributed by atoms with Gasteiger partial charge in [-0.25, -0.2) is 0 Å². The minimum atomic E-state index is 1.09. The molecule has 2 heteroatoms. The van der Waals surface area contributed by atoms with E-state index >= 15 is 0 Å². The van der Waals surface area contributed by atoms with Gasteiger partial charge in [0.2, 0.25) is 0 Å². The smallest absolute Gasteiger partial charge is 0.0739 e. The average molecular weight is 290 g/mol. The Morgan fingerprint density at radius 2 is 1.77 bits per heavy atom. The maximum Gasteiger partial charge on any atom is 0.0739 e. The molecular formula is C20H22N2. The van der Waals surface area contributed by atoms with Crippen LogP contribution in [0.25, 0.3) is 5.57 Å². The highest BCUT2D eigenvalue weighted by molar-refractivity contribution is 5.84. The Bertz CT molecular complexity index is 735. The van der Waals surface area contributed by atoms with E-state index < -0.39 is 0 Å². The van der Waals surface area contributed by atoms with E-state index in [2.05, 4.69) is 42.6 Å². The quantitative estimate of drug-likeness (QED) is 0.800. The summed E-state index contributed by atoms with van der Waals surface area (Å²) in [5, 5.41) is 3.47. The minimum Gasteiger partial charge on any atom is -0.316 e. The third-order valence-electron chi connectivity index (χ3n) is 4.89. The van der Waals surface area contributed by atoms with Crippen LogP contribution >= 0.6 is 0 Å². The van der Waals surface area contributed by atoms with Crippen molar-refractivity contribution in [2.24, 2.45) is 0 Å². The van der Waals surface area contributed by atoms with Gasteiger partial charge in [0.15, 0.2) is 0 Å². The molecule has 2 aromatic rings. The highest BCUT2D eigenvalue weighted by atomic mass is 14.9. The number of nitrogens with zero attached hydrogens (tertiary/aromatic N) is 1. The number of rotatable bonds is 0. The van der Waals surface area contributed by atoms with Crippen LogP contribution < -0.4 is 5.32 Å². The van der Waals surface area contributed by atoms with Gasteiger partial charge in [0.1, 0.15) is 0 Å². The van der Waals surface area contributed by atoms with E-state index in [1.165, 1.54) is 33.5 Å². The maximum absolute atomic E-state index is 4.79. The van der Waals surface area contributed by atoms with E-state index in [4.69, 9.17) is 4.98 Å². The number of pyridine rings is 1. The Morgan fingerprint density at radius 1 is 0.955 bits per heavy atom. The van der Waals surface area contributed by atoms with Crippen LogP contribution in [0.2, 0.25) is 0 Å². The Labute approximate surface area is 132 Å². The largest absolute Gasteiger partial charge is 0.316 e. The molecule has 0 bridgehead atoms. The van der Waals surface area contributed by atoms with Crippen LogP contribution in [-0.4, -0.2) is 18.1 Å². The second kappa shape index (κ2) is 5.69. The molecule has 1 fully saturated rings. The Kier molecular flexibility index (Phi) is 3.55. The molecule has 0 saturated carbocycles. The van der Waals surface area contributed by atoms with Crippen LogP contribution in [-0.2, 0) is 12.8 Å². The molecule has 2 heterocycles. The number of benzene rings is 1. The average Bonchev–Trinajstić information content (AvgIpc) is 2.72. The number of hydrogen-bond acceptors (Lipinski definition) is 2. The molecule has 22 heavy (non-hydrogen) atoms. The van der Waals surface area contributed by atoms with Crippen molar-refractivity contribution < 1.29 is 0 Å². The molecule has 1 N–H and O–H groups in total. The SMILES string of the molecule is Cc1ccc2c(c1)C(=C1CCNCC1)c1ncccc1CC2. The van der Waals surface area contributed by atoms with Gasteiger partial charge in [-0.15, -0.1) is 0 Å². The van der Waals surface area contributed by atoms with Gasteiger partial charge in [-0.2, -0.15) is 0 Å². The molecular weight excluding hydrogens is 268 g/mol. The molecule has 112 valence electrons. The maximum atomic E-state index is 4.79. The zero-order valence-corrected chi connectivity index (χ0v) is 13.2. The first-order valence-electron chi connectivity index (χ1n) is 8.30. The van der Waals surface area contributed by atoms with Crippen molar-refractivity contribution >= 4 is 5.57 Å². The van der Waals surface area contributed by atoms with Gasteiger partial charge in [0.25, 0.3) is 0 Å². The standard InChI is InChI=1S/C20H22N2/c1-14-4-5-15-6-7-17-3-2-10-22-20(17)19(18(15)13-14)16-8-11-21-12-9-16/h2-5,10,13,21H,6-9,11-12H2,1H3. The molecule has 2 aliphatic rings. The first-order valence-corrected chi connectivity index (χ1v) is 8.30. The van der Waals surface area contributed by atoms with Crippen molar-refractivity contribution in [1.82, 2.24) is 10.3 Å². The molecule has 1 aromatic heterocycles. The normalized spacial score (nSPS) is 17.7. The molecule has 2 nitrogen and oxygen atoms in total. The number of aryl methyl sites for hydroxylation is 3. The monoisotopic (exact) mass is 290 g/mol. The van der Waals surface area contributed by atoms with Crippen LogP contribution in [0.15, 0.2) is 42.1 Å². The number of fused-ring (bicyclic) bond motifs is 2. The van der Waals surface area contributed by atoms with Crippen LogP contribution in [0.1, 0.15) is 40.8 Å². The first kappa shape index (κ1) is 13.7. The van der Waals surface area contributed by atoms with Crippen molar-refractivity contribution in [2.45, 2.75) is 32.6 Å². The Hall–Kier alpha value is -1.93. The Morgan fingerprint density at radius 3 is 2.64 bits per heavy atom. The summed E-state index contributed by atoms with van der Waals surface area (Å²) >= 11 is 0. The van der Waals surface area contributed by atoms with Crippen molar-refractivity contribution in [3.63, 3.8) is 0 Å². The molecule has 4 rings (SSSR count). The number of hydrogen-bond donors (Lipinski definition) is 1. The summed E-state index contributed by atoms with van der Waals surface area (Å²) in [6, 6.07) is 11.3. The van der Waals surface area contributed by atoms with Crippen LogP contribution in [0, 0.1) is 6.92 Å². The molecule has 0 atom stereocenters. The van der Waals surface area contributed by atoms with Gasteiger partial charge in [-0.1, -0.05) is 35.4 Å². The lowest BCUT2D eigenvalue weighted by atomic mass is 9.88. The second-order valence-electron chi connectivity index (χ2n) is 6.40. The minimum absolute atomic E-state index is 1.09. The summed E-state index contributed by atoms with van der Waals surface area (Å²) in [7, 11) is 0. The van der Waals surface area contributed by atoms with Crippen molar-refractivity contribution in [1.29, 1.82) is 0 Å². The zero-order valence-electron chi connectivity index (χ0n) is 13.2. The fraction of sp³-hybridized carbons (Fsp3) is 0.350. The summed E-state index contributed by atoms with van der Waals surface area (Å²) in [5.41, 5.74) is 9.87. The van der Waals surface area contributed by atoms with Gasteiger partial charge in [-0.3, -0.25) is 4.98 Å². The molecule has 0 amide bonds. The van der Waals surface area contributed by atoms with Crippen LogP contribution in [0.4, 0.5) is 0 Å². The summed E-state index contributed by atoms with van der Waals surface area (Å²) < 4.78 is 0. The van der Waals surface area contributed by atoms with Crippen molar-refractivity contribution in [2.75, 3.05) is 13.1 Å². The first-order chi connectivity index (χ1) is 10.8. The van der Waals surface area contributed by atoms with E-state index in [9.17, 15) is 0 Å². The molecule has 1 saturated heterocycles. The summed E-state index contributed by atoms with van der Waals surface area (Å²) in [6.45, 7) is 4.36. The van der Waals surface area contributed by atoms with Gasteiger partial charge in [0, 0.05) is 11.8 Å². The van der Waals surface area contributed by atoms with Crippen LogP contribution in [0.3, 0.4) is 0 Å². The lowest BCUT2D eigenvalue weighted by Crippen LogP contribution is -2.24. The molecule has 1 aromatic carbocycles. The third kappa shape index (κ3) is 2.38. The highest BCUT2D eigenvalue weighted by Gasteiger charge is 2.23. The molecule has 1 aliphatic carbocycles. The van der Waals surface area contributed by atoms with E-state index in [1.807, 2.05) is 6.20 Å². The van der Waals surface area contributed by atoms with Gasteiger partial charge in [0.05, 0.1) is 5.69 Å². The number of aromatic nitrogens is 1. The lowest BCUT2D eigenvalue weighted by Gasteiger charge is -2.22. The molecule has 0 unspecified atom stereocenters. The van der Waals surface area contributed by atoms with E-state index in [1.54, 1.807) is 5.57 Å². The van der Waals surface area contributed by atoms with E-state index in [-0.39, 0.29) is 0 Å². The second-order valence-corrected chi connectivity index (χ2v) is 6.40. The van der Waals surface area contributed by atoms with Crippen molar-refractivity contribution in [3.05, 3.63) is 70.0 Å². The summed E-state index contributed by atoms with van der Waals surface area (Å²) in [5.74, 6) is 0. The molecule has 1 aliphatic heterocycles. The fourth-order valence-corrected chi connectivity index (χ4v) is 3.74. The van der Waals surface area contributed by atoms with Gasteiger partial charge < -0.3 is 5.32 Å². The predicted octanol–water partition coefficient (Wildman–Crippen LogP) is 3.67. The lowest BCUT2D eigenvalue weighted by molar-refractivity contribution is 0.611. The van der Waals surface area contributed by atoms with Crippen LogP contribution in [0.5, 0.6) is 0 Å². The molecule has 0 spiro atoms. The highest BCUT2D eigenvalue weighted by Crippen LogP contribution is 2.37. The number of piperidine rings is 1. The van der Waals surface area contributed by atoms with Gasteiger partial charge in [-0.05, 0) is 68.5 Å². The molecule has 0 radical (unpaired) electrons. The van der Waals surface area contributed by atoms with Gasteiger partial charge >= 0.3 is 0 Å². The predicted molar refractivity (Wildman–Crippen MR) is 90.9 cm³/mol. The zero-order chi connectivity index (χ0) is 14.9. The fourth-order valence-electron chi connectivity index (χ4n) is 3.74. The van der Waals surface area contributed by atoms with Crippen molar-refractivity contribution in [3.8, 4) is 0 Å². The topological polar surface area (TPSA) is 24.9 Å². The summed E-state index contributed by atoms with van der Waals surface area (Å²) in [4.78, 5) is 4.79. The Balaban J connectivity index is 1.99. The third-order valence-corrected chi connectivity index (χ3v) is 4.89. The van der Waals surface area contributed by atoms with E-state index in [0.29, 0.717) is 0 Å². The number of nitrogens with one attached hydrogen (secondary N) is 1. The van der Waals surface area contributed by atoms with E-state index in [0.717, 1.165) is 38.8 Å². The summed E-state index contributed by atoms with van der Waals surface area (Å²) in [6.07, 6.45) is 6.43.